The van der Waals surface area contributed by atoms with Crippen LogP contribution in [0, 0.1) is 0 Å². The molecule has 8 heteroatoms. The molecule has 1 fully saturated rings. The predicted molar refractivity (Wildman–Crippen MR) is 139 cm³/mol. The Balaban J connectivity index is 1.42. The van der Waals surface area contributed by atoms with Gasteiger partial charge in [0.1, 0.15) is 4.32 Å². The van der Waals surface area contributed by atoms with Crippen LogP contribution in [0.4, 0.5) is 0 Å². The van der Waals surface area contributed by atoms with Gasteiger partial charge in [-0.05, 0) is 42.2 Å². The molecule has 2 aromatic rings. The van der Waals surface area contributed by atoms with Crippen LogP contribution in [0.2, 0.25) is 0 Å². The summed E-state index contributed by atoms with van der Waals surface area (Å²) in [5, 5.41) is 0. The monoisotopic (exact) mass is 496 g/mol. The highest BCUT2D eigenvalue weighted by molar-refractivity contribution is 8.26. The van der Waals surface area contributed by atoms with Gasteiger partial charge >= 0.3 is 5.97 Å². The largest absolute Gasteiger partial charge is 0.465 e. The Morgan fingerprint density at radius 1 is 1.06 bits per heavy atom. The SMILES string of the molecule is COC(=O)c1ccc(/C=C2\SC(=S)N(CCCCCC(=O)N(C)Cc3ccccc3)C2=O)cc1. The average molecular weight is 497 g/mol. The van der Waals surface area contributed by atoms with Crippen molar-refractivity contribution in [3.8, 4) is 0 Å². The molecule has 1 heterocycles. The average Bonchev–Trinajstić information content (AvgIpc) is 3.11. The number of methoxy groups -OCH3 is 1. The summed E-state index contributed by atoms with van der Waals surface area (Å²) in [5.74, 6) is -0.385. The van der Waals surface area contributed by atoms with Crippen LogP contribution >= 0.6 is 24.0 Å². The van der Waals surface area contributed by atoms with Crippen molar-refractivity contribution in [2.24, 2.45) is 0 Å². The standard InChI is InChI=1S/C26H28N2O4S2/c1-27(18-20-9-5-3-6-10-20)23(29)11-7-4-8-16-28-24(30)22(34-26(28)33)17-19-12-14-21(15-13-19)25(31)32-2/h3,5-6,9-10,12-15,17H,4,7-8,11,16,18H2,1-2H3/b22-17-. The number of hydrogen-bond acceptors (Lipinski definition) is 6. The third-order valence-electron chi connectivity index (χ3n) is 5.46. The second kappa shape index (κ2) is 12.5. The topological polar surface area (TPSA) is 66.9 Å². The van der Waals surface area contributed by atoms with Crippen LogP contribution in [0.5, 0.6) is 0 Å². The lowest BCUT2D eigenvalue weighted by Crippen LogP contribution is -2.29. The highest BCUT2D eigenvalue weighted by Gasteiger charge is 2.31. The van der Waals surface area contributed by atoms with E-state index in [2.05, 4.69) is 0 Å². The molecular weight excluding hydrogens is 468 g/mol. The van der Waals surface area contributed by atoms with E-state index in [0.29, 0.717) is 34.3 Å². The molecule has 178 valence electrons. The molecule has 1 aliphatic heterocycles. The van der Waals surface area contributed by atoms with E-state index in [0.717, 1.165) is 30.4 Å². The molecule has 0 aliphatic carbocycles. The number of ether oxygens (including phenoxy) is 1. The zero-order chi connectivity index (χ0) is 24.5. The molecule has 0 atom stereocenters. The van der Waals surface area contributed by atoms with Gasteiger partial charge in [0, 0.05) is 26.6 Å². The highest BCUT2D eigenvalue weighted by atomic mass is 32.2. The zero-order valence-electron chi connectivity index (χ0n) is 19.4. The van der Waals surface area contributed by atoms with Crippen LogP contribution in [0.25, 0.3) is 6.08 Å². The molecule has 0 N–H and O–H groups in total. The van der Waals surface area contributed by atoms with Crippen molar-refractivity contribution in [1.82, 2.24) is 9.80 Å². The van der Waals surface area contributed by atoms with Crippen LogP contribution in [-0.2, 0) is 20.9 Å². The number of nitrogens with zero attached hydrogens (tertiary/aromatic N) is 2. The van der Waals surface area contributed by atoms with Crippen LogP contribution in [-0.4, -0.2) is 52.6 Å². The fourth-order valence-electron chi connectivity index (χ4n) is 3.54. The normalized spacial score (nSPS) is 14.5. The van der Waals surface area contributed by atoms with E-state index in [-0.39, 0.29) is 11.8 Å². The van der Waals surface area contributed by atoms with Crippen molar-refractivity contribution < 1.29 is 19.1 Å². The number of carbonyl (C=O) groups is 3. The molecule has 0 bridgehead atoms. The number of thiocarbonyl (C=S) groups is 1. The number of thioether (sulfide) groups is 1. The smallest absolute Gasteiger partial charge is 0.337 e. The molecule has 2 aromatic carbocycles. The Labute approximate surface area is 210 Å². The van der Waals surface area contributed by atoms with Crippen molar-refractivity contribution in [3.05, 3.63) is 76.2 Å². The Bertz CT molecular complexity index is 1070. The fraction of sp³-hybridized carbons (Fsp3) is 0.308. The number of rotatable bonds is 10. The first kappa shape index (κ1) is 25.6. The van der Waals surface area contributed by atoms with E-state index in [1.165, 1.54) is 18.9 Å². The third kappa shape index (κ3) is 7.01. The van der Waals surface area contributed by atoms with E-state index in [4.69, 9.17) is 17.0 Å². The Morgan fingerprint density at radius 3 is 2.44 bits per heavy atom. The van der Waals surface area contributed by atoms with Gasteiger partial charge < -0.3 is 9.64 Å². The maximum atomic E-state index is 12.8. The Kier molecular flexibility index (Phi) is 9.42. The summed E-state index contributed by atoms with van der Waals surface area (Å²) >= 11 is 6.68. The summed E-state index contributed by atoms with van der Waals surface area (Å²) in [7, 11) is 3.16. The third-order valence-corrected chi connectivity index (χ3v) is 6.84. The summed E-state index contributed by atoms with van der Waals surface area (Å²) in [5.41, 5.74) is 2.38. The van der Waals surface area contributed by atoms with Crippen molar-refractivity contribution in [1.29, 1.82) is 0 Å². The lowest BCUT2D eigenvalue weighted by Gasteiger charge is -2.17. The van der Waals surface area contributed by atoms with Gasteiger partial charge in [0.2, 0.25) is 5.91 Å². The second-order valence-electron chi connectivity index (χ2n) is 7.99. The van der Waals surface area contributed by atoms with Gasteiger partial charge in [-0.25, -0.2) is 4.79 Å². The van der Waals surface area contributed by atoms with Crippen molar-refractivity contribution in [2.45, 2.75) is 32.2 Å². The van der Waals surface area contributed by atoms with E-state index in [1.54, 1.807) is 40.1 Å². The Hall–Kier alpha value is -2.97. The van der Waals surface area contributed by atoms with Crippen LogP contribution in [0.15, 0.2) is 59.5 Å². The Morgan fingerprint density at radius 2 is 1.76 bits per heavy atom. The molecule has 1 saturated heterocycles. The summed E-state index contributed by atoms with van der Waals surface area (Å²) in [4.78, 5) is 40.7. The molecule has 6 nitrogen and oxygen atoms in total. The molecule has 0 saturated carbocycles. The number of esters is 1. The van der Waals surface area contributed by atoms with Gasteiger partial charge in [0.15, 0.2) is 0 Å². The number of hydrogen-bond donors (Lipinski definition) is 0. The molecule has 34 heavy (non-hydrogen) atoms. The van der Waals surface area contributed by atoms with E-state index >= 15 is 0 Å². The molecule has 0 aromatic heterocycles. The van der Waals surface area contributed by atoms with E-state index in [1.807, 2.05) is 37.4 Å². The zero-order valence-corrected chi connectivity index (χ0v) is 21.0. The molecule has 1 aliphatic rings. The van der Waals surface area contributed by atoms with Crippen LogP contribution < -0.4 is 0 Å². The first-order valence-corrected chi connectivity index (χ1v) is 12.3. The van der Waals surface area contributed by atoms with Gasteiger partial charge in [0.25, 0.3) is 5.91 Å². The lowest BCUT2D eigenvalue weighted by atomic mass is 10.1. The second-order valence-corrected chi connectivity index (χ2v) is 9.67. The number of carbonyl (C=O) groups excluding carboxylic acids is 3. The van der Waals surface area contributed by atoms with E-state index < -0.39 is 5.97 Å². The summed E-state index contributed by atoms with van der Waals surface area (Å²) < 4.78 is 5.24. The molecule has 3 rings (SSSR count). The van der Waals surface area contributed by atoms with Gasteiger partial charge in [-0.2, -0.15) is 0 Å². The van der Waals surface area contributed by atoms with Gasteiger partial charge in [-0.3, -0.25) is 14.5 Å². The minimum atomic E-state index is -0.401. The molecule has 0 unspecified atom stereocenters. The quantitative estimate of drug-likeness (QED) is 0.202. The van der Waals surface area contributed by atoms with Gasteiger partial charge in [-0.1, -0.05) is 72.9 Å². The maximum Gasteiger partial charge on any atom is 0.337 e. The lowest BCUT2D eigenvalue weighted by molar-refractivity contribution is -0.130. The van der Waals surface area contributed by atoms with Gasteiger partial charge in [0.05, 0.1) is 17.6 Å². The predicted octanol–water partition coefficient (Wildman–Crippen LogP) is 4.89. The molecule has 2 amide bonds. The maximum absolute atomic E-state index is 12.8. The number of amides is 2. The summed E-state index contributed by atoms with van der Waals surface area (Å²) in [6.45, 7) is 1.14. The first-order valence-electron chi connectivity index (χ1n) is 11.1. The first-order chi connectivity index (χ1) is 16.4. The number of unbranched alkanes of at least 4 members (excludes halogenated alkanes) is 2. The van der Waals surface area contributed by atoms with Crippen molar-refractivity contribution >= 4 is 52.2 Å². The molecular formula is C26H28N2O4S2. The molecule has 0 spiro atoms. The molecule has 0 radical (unpaired) electrons. The number of benzene rings is 2. The van der Waals surface area contributed by atoms with Crippen LogP contribution in [0.3, 0.4) is 0 Å². The van der Waals surface area contributed by atoms with Crippen molar-refractivity contribution in [2.75, 3.05) is 20.7 Å². The minimum absolute atomic E-state index is 0.106. The minimum Gasteiger partial charge on any atom is -0.465 e. The summed E-state index contributed by atoms with van der Waals surface area (Å²) in [6, 6.07) is 16.8. The van der Waals surface area contributed by atoms with E-state index in [9.17, 15) is 14.4 Å². The summed E-state index contributed by atoms with van der Waals surface area (Å²) in [6.07, 6.45) is 4.67. The van der Waals surface area contributed by atoms with Gasteiger partial charge in [-0.15, -0.1) is 0 Å². The highest BCUT2D eigenvalue weighted by Crippen LogP contribution is 2.32. The fourth-order valence-corrected chi connectivity index (χ4v) is 4.85. The van der Waals surface area contributed by atoms with Crippen molar-refractivity contribution in [3.63, 3.8) is 0 Å². The van der Waals surface area contributed by atoms with Crippen LogP contribution in [0.1, 0.15) is 47.2 Å².